The fourth-order valence-corrected chi connectivity index (χ4v) is 5.83. The Morgan fingerprint density at radius 3 is 2.60 bits per heavy atom. The van der Waals surface area contributed by atoms with Crippen molar-refractivity contribution >= 4 is 33.4 Å². The Kier molecular flexibility index (Phi) is 7.72. The number of benzene rings is 1. The fraction of sp³-hybridized carbons (Fsp3) is 0.118. The molecule has 0 bridgehead atoms. The van der Waals surface area contributed by atoms with Gasteiger partial charge < -0.3 is 10.3 Å². The van der Waals surface area contributed by atoms with E-state index in [9.17, 15) is 0 Å². The Hall–Kier alpha value is -4.92. The molecule has 0 atom stereocenters. The van der Waals surface area contributed by atoms with E-state index in [0.29, 0.717) is 12.4 Å². The summed E-state index contributed by atoms with van der Waals surface area (Å²) in [5.74, 6) is 0.689. The average molecular weight is 570 g/mol. The highest BCUT2D eigenvalue weighted by atomic mass is 32.1. The number of aromatic nitrogens is 6. The number of fused-ring (bicyclic) bond motifs is 1. The molecule has 1 aromatic carbocycles. The van der Waals surface area contributed by atoms with Crippen molar-refractivity contribution in [2.24, 2.45) is 0 Å². The highest BCUT2D eigenvalue weighted by molar-refractivity contribution is 7.14. The molecule has 0 unspecified atom stereocenters. The second-order valence-corrected chi connectivity index (χ2v) is 11.3. The maximum absolute atomic E-state index is 5.02. The number of imidazole rings is 1. The molecule has 0 spiro atoms. The monoisotopic (exact) mass is 569 g/mol. The third kappa shape index (κ3) is 5.63. The largest absolute Gasteiger partial charge is 0.340 e. The number of thiophene rings is 1. The summed E-state index contributed by atoms with van der Waals surface area (Å²) in [7, 11) is 0. The van der Waals surface area contributed by atoms with Crippen molar-refractivity contribution in [3.05, 3.63) is 131 Å². The summed E-state index contributed by atoms with van der Waals surface area (Å²) in [6, 6.07) is 18.7. The lowest BCUT2D eigenvalue weighted by Gasteiger charge is -2.07. The van der Waals surface area contributed by atoms with Gasteiger partial charge in [-0.05, 0) is 54.8 Å². The smallest absolute Gasteiger partial charge is 0.159 e. The van der Waals surface area contributed by atoms with Gasteiger partial charge in [-0.2, -0.15) is 5.10 Å². The van der Waals surface area contributed by atoms with Crippen LogP contribution in [0.25, 0.3) is 44.8 Å². The highest BCUT2D eigenvalue weighted by Gasteiger charge is 2.19. The molecule has 42 heavy (non-hydrogen) atoms. The lowest BCUT2D eigenvalue weighted by atomic mass is 10.1. The van der Waals surface area contributed by atoms with E-state index in [2.05, 4.69) is 81.1 Å². The number of nitrogens with one attached hydrogen (secondary N) is 3. The minimum atomic E-state index is 0.689. The highest BCUT2D eigenvalue weighted by Crippen LogP contribution is 2.35. The minimum absolute atomic E-state index is 0.689. The molecule has 0 saturated carbocycles. The first-order valence-corrected chi connectivity index (χ1v) is 14.5. The zero-order chi connectivity index (χ0) is 29.1. The number of hydrogen-bond acceptors (Lipinski definition) is 6. The third-order valence-corrected chi connectivity index (χ3v) is 8.26. The lowest BCUT2D eigenvalue weighted by molar-refractivity contribution is 0.691. The van der Waals surface area contributed by atoms with Crippen molar-refractivity contribution in [2.45, 2.75) is 26.9 Å². The SMILES string of the molecule is C=C/C=C(/c1ccc(C(=C)C)s1)c1nc(-c2n[nH]c3cnc(-c4cncc(CNCc5ccccc5)c4)cc23)[nH]c1C. The molecule has 5 aromatic heterocycles. The number of rotatable bonds is 10. The van der Waals surface area contributed by atoms with Crippen LogP contribution in [0.5, 0.6) is 0 Å². The van der Waals surface area contributed by atoms with E-state index in [4.69, 9.17) is 9.97 Å². The Labute approximate surface area is 248 Å². The van der Waals surface area contributed by atoms with Crippen molar-refractivity contribution < 1.29 is 0 Å². The summed E-state index contributed by atoms with van der Waals surface area (Å²) < 4.78 is 0. The van der Waals surface area contributed by atoms with Gasteiger partial charge in [-0.15, -0.1) is 11.3 Å². The molecule has 7 nitrogen and oxygen atoms in total. The van der Waals surface area contributed by atoms with Gasteiger partial charge in [0, 0.05) is 57.5 Å². The molecular formula is C34H31N7S. The van der Waals surface area contributed by atoms with E-state index in [1.807, 2.05) is 50.6 Å². The molecule has 0 aliphatic heterocycles. The average Bonchev–Trinajstić information content (AvgIpc) is 3.75. The first kappa shape index (κ1) is 27.3. The molecule has 0 radical (unpaired) electrons. The number of hydrogen-bond donors (Lipinski definition) is 3. The minimum Gasteiger partial charge on any atom is -0.340 e. The molecule has 0 aliphatic rings. The van der Waals surface area contributed by atoms with Crippen LogP contribution in [0.15, 0.2) is 98.5 Å². The molecule has 0 saturated heterocycles. The topological polar surface area (TPSA) is 95.2 Å². The predicted octanol–water partition coefficient (Wildman–Crippen LogP) is 7.72. The molecule has 0 amide bonds. The summed E-state index contributed by atoms with van der Waals surface area (Å²) in [6.07, 6.45) is 9.34. The van der Waals surface area contributed by atoms with E-state index >= 15 is 0 Å². The maximum Gasteiger partial charge on any atom is 0.159 e. The van der Waals surface area contributed by atoms with Gasteiger partial charge in [0.25, 0.3) is 0 Å². The van der Waals surface area contributed by atoms with Crippen molar-refractivity contribution in [3.8, 4) is 22.8 Å². The Balaban J connectivity index is 1.29. The summed E-state index contributed by atoms with van der Waals surface area (Å²) in [5, 5.41) is 12.2. The van der Waals surface area contributed by atoms with Crippen LogP contribution in [0.2, 0.25) is 0 Å². The Morgan fingerprint density at radius 1 is 1.00 bits per heavy atom. The van der Waals surface area contributed by atoms with Gasteiger partial charge in [-0.1, -0.05) is 55.6 Å². The summed E-state index contributed by atoms with van der Waals surface area (Å²) in [5.41, 5.74) is 9.55. The van der Waals surface area contributed by atoms with Crippen LogP contribution in [0, 0.1) is 6.92 Å². The molecule has 6 rings (SSSR count). The number of aryl methyl sites for hydroxylation is 1. The zero-order valence-corrected chi connectivity index (χ0v) is 24.4. The fourth-order valence-electron chi connectivity index (χ4n) is 4.87. The molecule has 5 heterocycles. The standard InChI is InChI=1S/C34H31N7S/c1-5-9-26(31-13-12-30(42-31)21(2)3)32-22(4)38-34(39-32)33-27-15-28(37-20-29(27)40-41-33)25-14-24(18-36-19-25)17-35-16-23-10-7-6-8-11-23/h5-15,18-20,35H,1-2,16-17H2,3-4H3,(H,38,39)(H,40,41)/b26-9-. The predicted molar refractivity (Wildman–Crippen MR) is 173 cm³/mol. The van der Waals surface area contributed by atoms with Crippen LogP contribution < -0.4 is 5.32 Å². The molecular weight excluding hydrogens is 538 g/mol. The number of H-pyrrole nitrogens is 2. The van der Waals surface area contributed by atoms with Crippen LogP contribution in [0.4, 0.5) is 0 Å². The molecule has 0 aliphatic carbocycles. The number of allylic oxidation sites excluding steroid dienone is 3. The maximum atomic E-state index is 5.02. The zero-order valence-electron chi connectivity index (χ0n) is 23.6. The summed E-state index contributed by atoms with van der Waals surface area (Å²) in [4.78, 5) is 19.9. The van der Waals surface area contributed by atoms with Gasteiger partial charge in [0.15, 0.2) is 5.82 Å². The lowest BCUT2D eigenvalue weighted by Crippen LogP contribution is -2.12. The van der Waals surface area contributed by atoms with Crippen molar-refractivity contribution in [2.75, 3.05) is 0 Å². The van der Waals surface area contributed by atoms with Crippen LogP contribution >= 0.6 is 11.3 Å². The first-order valence-electron chi connectivity index (χ1n) is 13.7. The van der Waals surface area contributed by atoms with Crippen LogP contribution in [-0.2, 0) is 13.1 Å². The van der Waals surface area contributed by atoms with Gasteiger partial charge in [0.2, 0.25) is 0 Å². The van der Waals surface area contributed by atoms with Gasteiger partial charge in [-0.3, -0.25) is 15.1 Å². The van der Waals surface area contributed by atoms with Gasteiger partial charge in [0.1, 0.15) is 5.69 Å². The van der Waals surface area contributed by atoms with Gasteiger partial charge in [-0.25, -0.2) is 4.98 Å². The second-order valence-electron chi connectivity index (χ2n) is 10.2. The van der Waals surface area contributed by atoms with Crippen LogP contribution in [-0.4, -0.2) is 30.1 Å². The number of pyridine rings is 2. The van der Waals surface area contributed by atoms with Crippen molar-refractivity contribution in [1.82, 2.24) is 35.5 Å². The van der Waals surface area contributed by atoms with Gasteiger partial charge in [0.05, 0.1) is 23.1 Å². The van der Waals surface area contributed by atoms with Crippen molar-refractivity contribution in [1.29, 1.82) is 0 Å². The van der Waals surface area contributed by atoms with E-state index in [-0.39, 0.29) is 0 Å². The molecule has 0 fully saturated rings. The van der Waals surface area contributed by atoms with E-state index in [1.165, 1.54) is 5.56 Å². The van der Waals surface area contributed by atoms with Crippen LogP contribution in [0.1, 0.15) is 39.2 Å². The molecule has 6 aromatic rings. The molecule has 8 heteroatoms. The van der Waals surface area contributed by atoms with E-state index in [0.717, 1.165) is 72.3 Å². The van der Waals surface area contributed by atoms with E-state index < -0.39 is 0 Å². The number of aromatic amines is 2. The summed E-state index contributed by atoms with van der Waals surface area (Å²) >= 11 is 1.70. The quantitative estimate of drug-likeness (QED) is 0.147. The Bertz CT molecular complexity index is 1920. The van der Waals surface area contributed by atoms with Crippen molar-refractivity contribution in [3.63, 3.8) is 0 Å². The Morgan fingerprint density at radius 2 is 1.81 bits per heavy atom. The van der Waals surface area contributed by atoms with Gasteiger partial charge >= 0.3 is 0 Å². The molecule has 208 valence electrons. The van der Waals surface area contributed by atoms with Crippen LogP contribution in [0.3, 0.4) is 0 Å². The number of nitrogens with zero attached hydrogens (tertiary/aromatic N) is 4. The first-order chi connectivity index (χ1) is 20.5. The third-order valence-electron chi connectivity index (χ3n) is 6.98. The van der Waals surface area contributed by atoms with E-state index in [1.54, 1.807) is 17.4 Å². The normalized spacial score (nSPS) is 11.7. The second kappa shape index (κ2) is 11.9. The summed E-state index contributed by atoms with van der Waals surface area (Å²) in [6.45, 7) is 13.6. The molecule has 3 N–H and O–H groups in total.